The van der Waals surface area contributed by atoms with E-state index in [1.54, 1.807) is 6.92 Å². The predicted octanol–water partition coefficient (Wildman–Crippen LogP) is 5.00. The molecule has 2 rings (SSSR count). The van der Waals surface area contributed by atoms with Crippen LogP contribution < -0.4 is 0 Å². The van der Waals surface area contributed by atoms with E-state index in [1.807, 2.05) is 0 Å². The summed E-state index contributed by atoms with van der Waals surface area (Å²) in [6.07, 6.45) is 14.6. The van der Waals surface area contributed by atoms with Gasteiger partial charge in [-0.3, -0.25) is 9.69 Å². The van der Waals surface area contributed by atoms with Gasteiger partial charge < -0.3 is 9.47 Å². The largest absolute Gasteiger partial charge is 0.428 e. The van der Waals surface area contributed by atoms with Gasteiger partial charge in [-0.25, -0.2) is 4.79 Å². The van der Waals surface area contributed by atoms with Crippen molar-refractivity contribution in [3.8, 4) is 12.3 Å². The molecule has 0 spiro atoms. The van der Waals surface area contributed by atoms with E-state index in [-0.39, 0.29) is 25.8 Å². The number of carbonyl (C=O) groups is 2. The van der Waals surface area contributed by atoms with Crippen molar-refractivity contribution in [3.05, 3.63) is 36.5 Å². The Morgan fingerprint density at radius 1 is 1.22 bits per heavy atom. The molecule has 1 unspecified atom stereocenters. The Bertz CT molecular complexity index is 571. The third-order valence-electron chi connectivity index (χ3n) is 3.90. The molecule has 1 atom stereocenters. The number of hydrogen-bond donors (Lipinski definition) is 0. The summed E-state index contributed by atoms with van der Waals surface area (Å²) in [6.45, 7) is 11.7. The number of ether oxygens (including phenoxy) is 2. The van der Waals surface area contributed by atoms with Gasteiger partial charge in [0, 0.05) is 6.42 Å². The van der Waals surface area contributed by atoms with Crippen molar-refractivity contribution < 1.29 is 19.1 Å². The van der Waals surface area contributed by atoms with E-state index in [4.69, 9.17) is 15.9 Å². The highest BCUT2D eigenvalue weighted by atomic mass is 16.7. The highest BCUT2D eigenvalue weighted by Gasteiger charge is 2.34. The van der Waals surface area contributed by atoms with Crippen LogP contribution in [0.15, 0.2) is 36.5 Å². The van der Waals surface area contributed by atoms with Crippen LogP contribution in [-0.4, -0.2) is 36.3 Å². The second-order valence-corrected chi connectivity index (χ2v) is 5.96. The molecule has 2 aliphatic carbocycles. The summed E-state index contributed by atoms with van der Waals surface area (Å²) in [4.78, 5) is 24.8. The summed E-state index contributed by atoms with van der Waals surface area (Å²) in [6, 6.07) is -0.0445. The minimum atomic E-state index is -0.542. The van der Waals surface area contributed by atoms with Gasteiger partial charge in [-0.15, -0.1) is 19.6 Å². The monoisotopic (exact) mass is 375 g/mol. The summed E-state index contributed by atoms with van der Waals surface area (Å²) in [5.74, 6) is 2.10. The van der Waals surface area contributed by atoms with Crippen LogP contribution in [0, 0.1) is 12.3 Å². The SMILES string of the molecule is C#CCN(C(=O)OCOC(=O)CC)C1CCC2=CCCC=C21.C=C.CCC. The van der Waals surface area contributed by atoms with Crippen LogP contribution in [0.1, 0.15) is 59.3 Å². The number of nitrogens with zero attached hydrogens (tertiary/aromatic N) is 1. The lowest BCUT2D eigenvalue weighted by molar-refractivity contribution is -0.152. The van der Waals surface area contributed by atoms with Crippen molar-refractivity contribution >= 4 is 12.1 Å². The molecule has 5 nitrogen and oxygen atoms in total. The zero-order valence-corrected chi connectivity index (χ0v) is 17.0. The molecule has 0 aliphatic heterocycles. The Kier molecular flexibility index (Phi) is 13.3. The lowest BCUT2D eigenvalue weighted by Gasteiger charge is -2.28. The number of allylic oxidation sites excluding steroid dienone is 2. The molecular weight excluding hydrogens is 342 g/mol. The van der Waals surface area contributed by atoms with Crippen LogP contribution in [0.3, 0.4) is 0 Å². The summed E-state index contributed by atoms with van der Waals surface area (Å²) in [5.41, 5.74) is 2.49. The molecule has 0 heterocycles. The Labute approximate surface area is 164 Å². The molecule has 150 valence electrons. The third-order valence-corrected chi connectivity index (χ3v) is 3.90. The lowest BCUT2D eigenvalue weighted by Crippen LogP contribution is -2.41. The van der Waals surface area contributed by atoms with Crippen LogP contribution in [0.25, 0.3) is 0 Å². The van der Waals surface area contributed by atoms with Crippen LogP contribution in [-0.2, 0) is 14.3 Å². The van der Waals surface area contributed by atoms with E-state index < -0.39 is 12.1 Å². The fourth-order valence-electron chi connectivity index (χ4n) is 2.84. The zero-order chi connectivity index (χ0) is 20.7. The van der Waals surface area contributed by atoms with Gasteiger partial charge in [0.2, 0.25) is 6.79 Å². The number of rotatable bonds is 5. The van der Waals surface area contributed by atoms with Gasteiger partial charge >= 0.3 is 12.1 Å². The molecule has 5 heteroatoms. The Hall–Kier alpha value is -2.48. The molecule has 1 amide bonds. The average molecular weight is 376 g/mol. The molecule has 0 N–H and O–H groups in total. The zero-order valence-electron chi connectivity index (χ0n) is 17.0. The molecule has 2 aliphatic rings. The topological polar surface area (TPSA) is 55.8 Å². The van der Waals surface area contributed by atoms with E-state index >= 15 is 0 Å². The van der Waals surface area contributed by atoms with Gasteiger partial charge in [0.1, 0.15) is 0 Å². The molecule has 0 bridgehead atoms. The number of carbonyl (C=O) groups excluding carboxylic acids is 2. The summed E-state index contributed by atoms with van der Waals surface area (Å²) in [5, 5.41) is 0. The highest BCUT2D eigenvalue weighted by molar-refractivity contribution is 5.71. The quantitative estimate of drug-likeness (QED) is 0.294. The van der Waals surface area contributed by atoms with Gasteiger partial charge in [0.05, 0.1) is 12.6 Å². The maximum absolute atomic E-state index is 12.2. The number of hydrogen-bond acceptors (Lipinski definition) is 4. The van der Waals surface area contributed by atoms with Crippen molar-refractivity contribution in [3.63, 3.8) is 0 Å². The molecule has 0 radical (unpaired) electrons. The van der Waals surface area contributed by atoms with Crippen LogP contribution in [0.2, 0.25) is 0 Å². The highest BCUT2D eigenvalue weighted by Crippen LogP contribution is 2.37. The molecule has 1 fully saturated rings. The van der Waals surface area contributed by atoms with Crippen LogP contribution in [0.4, 0.5) is 4.79 Å². The average Bonchev–Trinajstić information content (AvgIpc) is 3.12. The van der Waals surface area contributed by atoms with Crippen LogP contribution in [0.5, 0.6) is 0 Å². The summed E-state index contributed by atoms with van der Waals surface area (Å²) < 4.78 is 9.80. The molecular formula is C22H33NO4. The summed E-state index contributed by atoms with van der Waals surface area (Å²) in [7, 11) is 0. The molecule has 0 saturated heterocycles. The van der Waals surface area contributed by atoms with E-state index in [9.17, 15) is 9.59 Å². The van der Waals surface area contributed by atoms with Gasteiger partial charge in [-0.1, -0.05) is 45.3 Å². The van der Waals surface area contributed by atoms with Gasteiger partial charge in [-0.2, -0.15) is 0 Å². The van der Waals surface area contributed by atoms with Crippen molar-refractivity contribution in [2.24, 2.45) is 0 Å². The van der Waals surface area contributed by atoms with E-state index in [1.165, 1.54) is 22.5 Å². The van der Waals surface area contributed by atoms with E-state index in [0.717, 1.165) is 25.7 Å². The lowest BCUT2D eigenvalue weighted by atomic mass is 9.98. The maximum atomic E-state index is 12.2. The van der Waals surface area contributed by atoms with Crippen molar-refractivity contribution in [2.45, 2.75) is 65.3 Å². The number of fused-ring (bicyclic) bond motifs is 1. The maximum Gasteiger partial charge on any atom is 0.413 e. The molecule has 27 heavy (non-hydrogen) atoms. The minimum absolute atomic E-state index is 0.0445. The van der Waals surface area contributed by atoms with Crippen molar-refractivity contribution in [1.82, 2.24) is 4.90 Å². The van der Waals surface area contributed by atoms with Crippen molar-refractivity contribution in [1.29, 1.82) is 0 Å². The minimum Gasteiger partial charge on any atom is -0.428 e. The standard InChI is InChI=1S/C17H21NO4.C3H8.C2H4/c1-3-11-18(17(20)22-12-21-16(19)4-2)15-10-9-13-7-5-6-8-14(13)15;1-3-2;1-2/h1,7-8,15H,4-6,9-12H2,2H3;3H2,1-2H3;1-2H2. The number of esters is 1. The number of amides is 1. The fraction of sp³-hybridized carbons (Fsp3) is 0.545. The van der Waals surface area contributed by atoms with E-state index in [0.29, 0.717) is 0 Å². The molecule has 0 aromatic rings. The Balaban J connectivity index is 0.00000123. The second-order valence-electron chi connectivity index (χ2n) is 5.96. The smallest absolute Gasteiger partial charge is 0.413 e. The molecule has 1 saturated carbocycles. The summed E-state index contributed by atoms with van der Waals surface area (Å²) >= 11 is 0. The van der Waals surface area contributed by atoms with E-state index in [2.05, 4.69) is 45.1 Å². The fourth-order valence-corrected chi connectivity index (χ4v) is 2.84. The van der Waals surface area contributed by atoms with Gasteiger partial charge in [0.25, 0.3) is 0 Å². The van der Waals surface area contributed by atoms with Gasteiger partial charge in [0.15, 0.2) is 0 Å². The van der Waals surface area contributed by atoms with Crippen molar-refractivity contribution in [2.75, 3.05) is 13.3 Å². The van der Waals surface area contributed by atoms with Crippen LogP contribution >= 0.6 is 0 Å². The van der Waals surface area contributed by atoms with Gasteiger partial charge in [-0.05, 0) is 36.8 Å². The first-order chi connectivity index (χ1) is 13.1. The third kappa shape index (κ3) is 8.17. The Morgan fingerprint density at radius 2 is 1.85 bits per heavy atom. The second kappa shape index (κ2) is 14.7. The first-order valence-corrected chi connectivity index (χ1v) is 9.50. The molecule has 0 aromatic carbocycles. The Morgan fingerprint density at radius 3 is 2.44 bits per heavy atom. The first-order valence-electron chi connectivity index (χ1n) is 9.50. The normalized spacial score (nSPS) is 16.6. The predicted molar refractivity (Wildman–Crippen MR) is 109 cm³/mol. The molecule has 0 aromatic heterocycles. The first kappa shape index (κ1) is 24.5. The number of terminal acetylenes is 1.